The van der Waals surface area contributed by atoms with Crippen molar-refractivity contribution in [1.82, 2.24) is 4.98 Å². The van der Waals surface area contributed by atoms with Crippen LogP contribution in [0.15, 0.2) is 28.7 Å². The monoisotopic (exact) mass is 190 g/mol. The fourth-order valence-corrected chi connectivity index (χ4v) is 1.24. The quantitative estimate of drug-likeness (QED) is 0.693. The maximum absolute atomic E-state index is 10.6. The molecule has 2 rings (SSSR count). The number of rotatable bonds is 3. The van der Waals surface area contributed by atoms with Crippen molar-refractivity contribution in [1.29, 1.82) is 0 Å². The standard InChI is InChI=1S/C10H10N2O2/c1-2-12(7-13)10-11-8-5-3-4-6-9(8)14-10/h3-7H,2H2,1H3. The van der Waals surface area contributed by atoms with Gasteiger partial charge in [0.15, 0.2) is 5.58 Å². The van der Waals surface area contributed by atoms with Crippen LogP contribution in [-0.4, -0.2) is 17.9 Å². The van der Waals surface area contributed by atoms with E-state index in [1.54, 1.807) is 0 Å². The summed E-state index contributed by atoms with van der Waals surface area (Å²) in [4.78, 5) is 16.2. The second kappa shape index (κ2) is 3.49. The zero-order chi connectivity index (χ0) is 9.97. The van der Waals surface area contributed by atoms with Crippen molar-refractivity contribution >= 4 is 23.5 Å². The fraction of sp³-hybridized carbons (Fsp3) is 0.200. The lowest BCUT2D eigenvalue weighted by Gasteiger charge is -2.07. The van der Waals surface area contributed by atoms with Crippen LogP contribution in [0.2, 0.25) is 0 Å². The zero-order valence-electron chi connectivity index (χ0n) is 7.80. The molecule has 4 heteroatoms. The number of benzene rings is 1. The predicted octanol–water partition coefficient (Wildman–Crippen LogP) is 1.81. The van der Waals surface area contributed by atoms with Crippen molar-refractivity contribution in [3.63, 3.8) is 0 Å². The first-order chi connectivity index (χ1) is 6.85. The van der Waals surface area contributed by atoms with E-state index in [0.29, 0.717) is 24.6 Å². The molecule has 0 spiro atoms. The normalized spacial score (nSPS) is 10.4. The molecule has 4 nitrogen and oxygen atoms in total. The van der Waals surface area contributed by atoms with Crippen molar-refractivity contribution in [2.75, 3.05) is 11.4 Å². The van der Waals surface area contributed by atoms with Gasteiger partial charge >= 0.3 is 6.01 Å². The number of aromatic nitrogens is 1. The number of carbonyl (C=O) groups excluding carboxylic acids is 1. The molecule has 0 saturated carbocycles. The molecule has 0 fully saturated rings. The van der Waals surface area contributed by atoms with Crippen LogP contribution < -0.4 is 4.90 Å². The van der Waals surface area contributed by atoms with E-state index in [0.717, 1.165) is 5.52 Å². The van der Waals surface area contributed by atoms with Crippen molar-refractivity contribution in [3.05, 3.63) is 24.3 Å². The molecular weight excluding hydrogens is 180 g/mol. The predicted molar refractivity (Wildman–Crippen MR) is 53.1 cm³/mol. The van der Waals surface area contributed by atoms with Crippen LogP contribution >= 0.6 is 0 Å². The summed E-state index contributed by atoms with van der Waals surface area (Å²) in [5.74, 6) is 0. The summed E-state index contributed by atoms with van der Waals surface area (Å²) in [5.41, 5.74) is 1.46. The smallest absolute Gasteiger partial charge is 0.305 e. The summed E-state index contributed by atoms with van der Waals surface area (Å²) in [7, 11) is 0. The zero-order valence-corrected chi connectivity index (χ0v) is 7.80. The largest absolute Gasteiger partial charge is 0.423 e. The summed E-state index contributed by atoms with van der Waals surface area (Å²) in [5, 5.41) is 0. The molecule has 0 atom stereocenters. The van der Waals surface area contributed by atoms with E-state index in [4.69, 9.17) is 4.42 Å². The lowest BCUT2D eigenvalue weighted by molar-refractivity contribution is -0.107. The third-order valence-corrected chi connectivity index (χ3v) is 2.00. The maximum Gasteiger partial charge on any atom is 0.305 e. The van der Waals surface area contributed by atoms with E-state index in [-0.39, 0.29) is 0 Å². The second-order valence-corrected chi connectivity index (χ2v) is 2.86. The minimum absolute atomic E-state index is 0.351. The Bertz CT molecular complexity index is 417. The Kier molecular flexibility index (Phi) is 2.18. The number of nitrogens with zero attached hydrogens (tertiary/aromatic N) is 2. The minimum atomic E-state index is 0.351. The number of anilines is 1. The van der Waals surface area contributed by atoms with Crippen molar-refractivity contribution < 1.29 is 9.21 Å². The minimum Gasteiger partial charge on any atom is -0.423 e. The molecule has 2 aromatic rings. The molecule has 0 saturated heterocycles. The first kappa shape index (κ1) is 8.74. The number of para-hydroxylation sites is 2. The lowest BCUT2D eigenvalue weighted by Crippen LogP contribution is -2.20. The van der Waals surface area contributed by atoms with Crippen LogP contribution in [0.3, 0.4) is 0 Å². The molecule has 0 aliphatic rings. The number of fused-ring (bicyclic) bond motifs is 1. The number of hydrogen-bond acceptors (Lipinski definition) is 3. The van der Waals surface area contributed by atoms with Crippen LogP contribution in [0, 0.1) is 0 Å². The van der Waals surface area contributed by atoms with E-state index in [1.165, 1.54) is 4.90 Å². The first-order valence-electron chi connectivity index (χ1n) is 4.42. The number of carbonyl (C=O) groups is 1. The molecule has 1 amide bonds. The molecule has 1 aromatic carbocycles. The van der Waals surface area contributed by atoms with Crippen LogP contribution in [0.4, 0.5) is 6.01 Å². The van der Waals surface area contributed by atoms with Gasteiger partial charge < -0.3 is 4.42 Å². The van der Waals surface area contributed by atoms with Gasteiger partial charge in [0.25, 0.3) is 0 Å². The molecule has 0 aliphatic carbocycles. The highest BCUT2D eigenvalue weighted by Gasteiger charge is 2.10. The molecule has 0 bridgehead atoms. The molecule has 1 aromatic heterocycles. The third-order valence-electron chi connectivity index (χ3n) is 2.00. The summed E-state index contributed by atoms with van der Waals surface area (Å²) in [6, 6.07) is 7.77. The molecular formula is C10H10N2O2. The molecule has 72 valence electrons. The summed E-state index contributed by atoms with van der Waals surface area (Å²) in [6.07, 6.45) is 0.713. The summed E-state index contributed by atoms with van der Waals surface area (Å²) in [6.45, 7) is 2.42. The lowest BCUT2D eigenvalue weighted by atomic mass is 10.3. The highest BCUT2D eigenvalue weighted by atomic mass is 16.4. The van der Waals surface area contributed by atoms with E-state index >= 15 is 0 Å². The molecule has 0 aliphatic heterocycles. The molecule has 0 unspecified atom stereocenters. The third kappa shape index (κ3) is 1.35. The molecule has 1 heterocycles. The van der Waals surface area contributed by atoms with Crippen LogP contribution in [0.25, 0.3) is 11.1 Å². The Morgan fingerprint density at radius 3 is 2.93 bits per heavy atom. The van der Waals surface area contributed by atoms with Gasteiger partial charge in [0.05, 0.1) is 0 Å². The van der Waals surface area contributed by atoms with Gasteiger partial charge in [-0.25, -0.2) is 0 Å². The van der Waals surface area contributed by atoms with Gasteiger partial charge in [0.2, 0.25) is 6.41 Å². The Balaban J connectivity index is 2.48. The van der Waals surface area contributed by atoms with E-state index in [2.05, 4.69) is 4.98 Å². The van der Waals surface area contributed by atoms with Gasteiger partial charge in [-0.15, -0.1) is 0 Å². The Morgan fingerprint density at radius 2 is 2.29 bits per heavy atom. The van der Waals surface area contributed by atoms with Gasteiger partial charge in [-0.05, 0) is 19.1 Å². The molecule has 14 heavy (non-hydrogen) atoms. The van der Waals surface area contributed by atoms with Crippen molar-refractivity contribution in [2.45, 2.75) is 6.92 Å². The van der Waals surface area contributed by atoms with Crippen molar-refractivity contribution in [2.24, 2.45) is 0 Å². The van der Waals surface area contributed by atoms with Gasteiger partial charge in [0.1, 0.15) is 5.52 Å². The Hall–Kier alpha value is -1.84. The number of oxazole rings is 1. The maximum atomic E-state index is 10.6. The van der Waals surface area contributed by atoms with Gasteiger partial charge in [-0.2, -0.15) is 4.98 Å². The number of amides is 1. The highest BCUT2D eigenvalue weighted by Crippen LogP contribution is 2.20. The molecule has 0 N–H and O–H groups in total. The fourth-order valence-electron chi connectivity index (χ4n) is 1.24. The van der Waals surface area contributed by atoms with Crippen LogP contribution in [0.5, 0.6) is 0 Å². The summed E-state index contributed by atoms with van der Waals surface area (Å²) >= 11 is 0. The summed E-state index contributed by atoms with van der Waals surface area (Å²) < 4.78 is 5.40. The van der Waals surface area contributed by atoms with Crippen LogP contribution in [0.1, 0.15) is 6.92 Å². The van der Waals surface area contributed by atoms with Crippen LogP contribution in [-0.2, 0) is 4.79 Å². The highest BCUT2D eigenvalue weighted by molar-refractivity contribution is 5.78. The Labute approximate surface area is 81.1 Å². The van der Waals surface area contributed by atoms with Crippen molar-refractivity contribution in [3.8, 4) is 0 Å². The van der Waals surface area contributed by atoms with Gasteiger partial charge in [0, 0.05) is 6.54 Å². The van der Waals surface area contributed by atoms with E-state index < -0.39 is 0 Å². The van der Waals surface area contributed by atoms with E-state index in [9.17, 15) is 4.79 Å². The Morgan fingerprint density at radius 1 is 1.50 bits per heavy atom. The first-order valence-corrected chi connectivity index (χ1v) is 4.42. The SMILES string of the molecule is CCN(C=O)c1nc2ccccc2o1. The van der Waals surface area contributed by atoms with Gasteiger partial charge in [-0.3, -0.25) is 9.69 Å². The average Bonchev–Trinajstić information content (AvgIpc) is 2.63. The van der Waals surface area contributed by atoms with E-state index in [1.807, 2.05) is 31.2 Å². The number of hydrogen-bond donors (Lipinski definition) is 0. The molecule has 0 radical (unpaired) electrons. The average molecular weight is 190 g/mol. The van der Waals surface area contributed by atoms with Gasteiger partial charge in [-0.1, -0.05) is 12.1 Å². The second-order valence-electron chi connectivity index (χ2n) is 2.86. The topological polar surface area (TPSA) is 46.3 Å².